The van der Waals surface area contributed by atoms with Crippen LogP contribution in [0.15, 0.2) is 85.3 Å². The lowest BCUT2D eigenvalue weighted by Crippen LogP contribution is -2.25. The summed E-state index contributed by atoms with van der Waals surface area (Å²) < 4.78 is 33.1. The number of phosphoric ester groups is 1. The molecule has 0 bridgehead atoms. The Morgan fingerprint density at radius 1 is 0.574 bits per heavy atom. The second-order valence-corrected chi connectivity index (χ2v) is 15.0. The van der Waals surface area contributed by atoms with E-state index in [0.29, 0.717) is 6.42 Å². The average Bonchev–Trinajstić information content (AvgIpc) is 3.16. The molecule has 0 spiro atoms. The van der Waals surface area contributed by atoms with Gasteiger partial charge in [0.1, 0.15) is 6.61 Å². The van der Waals surface area contributed by atoms with Crippen molar-refractivity contribution in [3.63, 3.8) is 0 Å². The van der Waals surface area contributed by atoms with E-state index in [-0.39, 0.29) is 38.8 Å². The molecule has 54 heavy (non-hydrogen) atoms. The number of carbonyl (C=O) groups is 1. The molecule has 0 saturated carbocycles. The summed E-state index contributed by atoms with van der Waals surface area (Å²) >= 11 is 0. The highest BCUT2D eigenvalue weighted by atomic mass is 31.2. The van der Waals surface area contributed by atoms with E-state index in [4.69, 9.17) is 24.3 Å². The van der Waals surface area contributed by atoms with Gasteiger partial charge in [-0.15, -0.1) is 0 Å². The van der Waals surface area contributed by atoms with Gasteiger partial charge in [-0.3, -0.25) is 13.8 Å². The first-order valence-electron chi connectivity index (χ1n) is 21.1. The fourth-order valence-electron chi connectivity index (χ4n) is 5.19. The highest BCUT2D eigenvalue weighted by Gasteiger charge is 2.24. The van der Waals surface area contributed by atoms with Gasteiger partial charge < -0.3 is 20.1 Å². The van der Waals surface area contributed by atoms with Crippen LogP contribution in [0.25, 0.3) is 0 Å². The van der Waals surface area contributed by atoms with E-state index < -0.39 is 13.9 Å². The van der Waals surface area contributed by atoms with E-state index in [2.05, 4.69) is 74.6 Å². The first-order chi connectivity index (χ1) is 26.4. The van der Waals surface area contributed by atoms with Crippen LogP contribution in [0.2, 0.25) is 0 Å². The van der Waals surface area contributed by atoms with Crippen molar-refractivity contribution < 1.29 is 32.8 Å². The number of nitrogens with two attached hydrogens (primary N) is 1. The first-order valence-corrected chi connectivity index (χ1v) is 22.6. The van der Waals surface area contributed by atoms with E-state index >= 15 is 0 Å². The topological polar surface area (TPSA) is 117 Å². The van der Waals surface area contributed by atoms with Gasteiger partial charge in [0.25, 0.3) is 0 Å². The van der Waals surface area contributed by atoms with Gasteiger partial charge in [-0.1, -0.05) is 145 Å². The van der Waals surface area contributed by atoms with Crippen LogP contribution in [0.4, 0.5) is 0 Å². The summed E-state index contributed by atoms with van der Waals surface area (Å²) in [5.74, 6) is -0.376. The molecule has 0 rings (SSSR count). The molecule has 9 heteroatoms. The Morgan fingerprint density at radius 3 is 1.54 bits per heavy atom. The summed E-state index contributed by atoms with van der Waals surface area (Å²) in [6, 6.07) is 0. The summed E-state index contributed by atoms with van der Waals surface area (Å²) in [5, 5.41) is 0. The third-order valence-electron chi connectivity index (χ3n) is 8.39. The van der Waals surface area contributed by atoms with Crippen LogP contribution in [-0.4, -0.2) is 43.3 Å². The van der Waals surface area contributed by atoms with Crippen molar-refractivity contribution in [2.75, 3.05) is 26.4 Å². The fraction of sp³-hybridized carbons (Fsp3) is 0.667. The number of esters is 1. The predicted octanol–water partition coefficient (Wildman–Crippen LogP) is 12.9. The lowest BCUT2D eigenvalue weighted by molar-refractivity contribution is -0.147. The van der Waals surface area contributed by atoms with Crippen LogP contribution in [0.3, 0.4) is 0 Å². The monoisotopic (exact) mass is 776 g/mol. The number of carbonyl (C=O) groups excluding carboxylic acids is 1. The van der Waals surface area contributed by atoms with Crippen LogP contribution < -0.4 is 5.73 Å². The van der Waals surface area contributed by atoms with Crippen LogP contribution in [0.5, 0.6) is 0 Å². The number of phosphoric acid groups is 1. The molecule has 0 radical (unpaired) electrons. The van der Waals surface area contributed by atoms with E-state index in [9.17, 15) is 14.3 Å². The molecular weight excluding hydrogens is 697 g/mol. The van der Waals surface area contributed by atoms with Gasteiger partial charge in [0.15, 0.2) is 6.10 Å². The highest BCUT2D eigenvalue weighted by Crippen LogP contribution is 2.43. The zero-order valence-corrected chi connectivity index (χ0v) is 35.1. The Hall–Kier alpha value is -2.48. The standard InChI is InChI=1S/C45H78NO7P/c1-3-5-7-9-11-13-15-17-19-21-22-23-24-26-28-30-32-34-36-38-45(47)51-42-44(43-53-54(48,49)52-41-39-46)50-40-37-35-33-31-29-27-25-20-18-16-14-12-10-8-6-4-2/h11,13,17-20,22-23,26,28,32,34,37,40,44H,3-10,12,14-16,21,24-25,27,29-31,33,35-36,38-39,41-43,46H2,1-2H3,(H,48,49)/b13-11-,19-17-,20-18-,23-22-,28-26-,34-32-,40-37-/t44-/m1/s1. The third kappa shape index (κ3) is 40.7. The van der Waals surface area contributed by atoms with Crippen molar-refractivity contribution >= 4 is 13.8 Å². The van der Waals surface area contributed by atoms with Gasteiger partial charge in [-0.2, -0.15) is 0 Å². The molecule has 310 valence electrons. The predicted molar refractivity (Wildman–Crippen MR) is 228 cm³/mol. The molecule has 0 aliphatic heterocycles. The molecule has 1 unspecified atom stereocenters. The van der Waals surface area contributed by atoms with Crippen LogP contribution >= 0.6 is 7.82 Å². The number of hydrogen-bond acceptors (Lipinski definition) is 7. The van der Waals surface area contributed by atoms with Crippen LogP contribution in [0, 0.1) is 0 Å². The van der Waals surface area contributed by atoms with Gasteiger partial charge in [0.2, 0.25) is 0 Å². The summed E-state index contributed by atoms with van der Waals surface area (Å²) in [6.45, 7) is 4.07. The number of unbranched alkanes of at least 4 members (excludes halogenated alkanes) is 14. The molecule has 0 aliphatic rings. The van der Waals surface area contributed by atoms with Crippen molar-refractivity contribution in [3.05, 3.63) is 85.3 Å². The molecule has 2 atom stereocenters. The van der Waals surface area contributed by atoms with Crippen molar-refractivity contribution in [1.82, 2.24) is 0 Å². The highest BCUT2D eigenvalue weighted by molar-refractivity contribution is 7.47. The molecule has 0 aromatic carbocycles. The Labute approximate surface area is 330 Å². The summed E-state index contributed by atoms with van der Waals surface area (Å²) in [4.78, 5) is 22.2. The Morgan fingerprint density at radius 2 is 1.00 bits per heavy atom. The summed E-state index contributed by atoms with van der Waals surface area (Å²) in [7, 11) is -4.29. The van der Waals surface area contributed by atoms with Crippen LogP contribution in [0.1, 0.15) is 162 Å². The Balaban J connectivity index is 4.26. The smallest absolute Gasteiger partial charge is 0.472 e. The minimum Gasteiger partial charge on any atom is -0.492 e. The summed E-state index contributed by atoms with van der Waals surface area (Å²) in [5.41, 5.74) is 5.36. The zero-order chi connectivity index (χ0) is 39.5. The van der Waals surface area contributed by atoms with Gasteiger partial charge in [0.05, 0.1) is 19.5 Å². The summed E-state index contributed by atoms with van der Waals surface area (Å²) in [6.07, 6.45) is 54.3. The Bertz CT molecular complexity index is 1100. The molecule has 8 nitrogen and oxygen atoms in total. The molecule has 0 saturated heterocycles. The van der Waals surface area contributed by atoms with E-state index in [1.807, 2.05) is 18.2 Å². The largest absolute Gasteiger partial charge is 0.492 e. The molecular formula is C45H78NO7P. The average molecular weight is 776 g/mol. The lowest BCUT2D eigenvalue weighted by atomic mass is 10.1. The van der Waals surface area contributed by atoms with E-state index in [1.165, 1.54) is 83.5 Å². The maximum absolute atomic E-state index is 12.4. The van der Waals surface area contributed by atoms with Gasteiger partial charge in [-0.05, 0) is 89.5 Å². The van der Waals surface area contributed by atoms with Gasteiger partial charge in [0, 0.05) is 13.0 Å². The number of ether oxygens (including phenoxy) is 2. The molecule has 0 fully saturated rings. The number of hydrogen-bond donors (Lipinski definition) is 2. The second kappa shape index (κ2) is 41.7. The molecule has 0 heterocycles. The molecule has 3 N–H and O–H groups in total. The molecule has 0 aromatic heterocycles. The molecule has 0 amide bonds. The minimum absolute atomic E-state index is 0.0855. The SMILES string of the molecule is CCCCC/C=C\C/C=C\C/C=C\C/C=C\C/C=C\CCC(=O)OC[C@H](COP(=O)(O)OCCN)O/C=C\CCCCCC/C=C\CCCCCCCC. The quantitative estimate of drug-likeness (QED) is 0.0208. The van der Waals surface area contributed by atoms with Crippen molar-refractivity contribution in [1.29, 1.82) is 0 Å². The number of rotatable bonds is 39. The lowest BCUT2D eigenvalue weighted by Gasteiger charge is -2.19. The van der Waals surface area contributed by atoms with Crippen LogP contribution in [-0.2, 0) is 27.9 Å². The fourth-order valence-corrected chi connectivity index (χ4v) is 5.96. The number of allylic oxidation sites excluding steroid dienone is 13. The van der Waals surface area contributed by atoms with E-state index in [1.54, 1.807) is 6.26 Å². The zero-order valence-electron chi connectivity index (χ0n) is 34.2. The molecule has 0 aromatic rings. The van der Waals surface area contributed by atoms with Crippen molar-refractivity contribution in [2.24, 2.45) is 5.73 Å². The van der Waals surface area contributed by atoms with Gasteiger partial charge >= 0.3 is 13.8 Å². The van der Waals surface area contributed by atoms with E-state index in [0.717, 1.165) is 51.4 Å². The minimum atomic E-state index is -4.29. The maximum atomic E-state index is 12.4. The third-order valence-corrected chi connectivity index (χ3v) is 9.37. The molecule has 0 aliphatic carbocycles. The first kappa shape index (κ1) is 51.5. The van der Waals surface area contributed by atoms with Crippen molar-refractivity contribution in [2.45, 2.75) is 168 Å². The van der Waals surface area contributed by atoms with Crippen molar-refractivity contribution in [3.8, 4) is 0 Å². The maximum Gasteiger partial charge on any atom is 0.472 e. The second-order valence-electron chi connectivity index (χ2n) is 13.6. The normalized spacial score (nSPS) is 14.3. The Kier molecular flexibility index (Phi) is 39.8. The van der Waals surface area contributed by atoms with Gasteiger partial charge in [-0.25, -0.2) is 4.57 Å².